The number of phenols is 1. The van der Waals surface area contributed by atoms with Crippen LogP contribution in [0.15, 0.2) is 78.9 Å². The molecular weight excluding hydrogens is 470 g/mol. The highest BCUT2D eigenvalue weighted by molar-refractivity contribution is 5.88. The van der Waals surface area contributed by atoms with Crippen molar-refractivity contribution in [2.45, 2.75) is 38.5 Å². The van der Waals surface area contributed by atoms with E-state index in [1.165, 1.54) is 0 Å². The van der Waals surface area contributed by atoms with Crippen LogP contribution in [0.2, 0.25) is 0 Å². The molecule has 1 heterocycles. The number of aromatic nitrogens is 2. The Kier molecular flexibility index (Phi) is 5.84. The summed E-state index contributed by atoms with van der Waals surface area (Å²) < 4.78 is 0. The molecule has 0 radical (unpaired) electrons. The van der Waals surface area contributed by atoms with Crippen LogP contribution in [-0.2, 0) is 16.6 Å². The first kappa shape index (κ1) is 24.1. The average molecular weight is 500 g/mol. The van der Waals surface area contributed by atoms with Crippen LogP contribution < -0.4 is 0 Å². The lowest BCUT2D eigenvalue weighted by Gasteiger charge is -2.51. The fourth-order valence-electron chi connectivity index (χ4n) is 6.84. The van der Waals surface area contributed by atoms with Crippen molar-refractivity contribution in [2.24, 2.45) is 17.8 Å². The molecule has 3 aromatic carbocycles. The third-order valence-corrected chi connectivity index (χ3v) is 8.58. The maximum atomic E-state index is 13.2. The van der Waals surface area contributed by atoms with E-state index in [-0.39, 0.29) is 23.4 Å². The number of rotatable bonds is 3. The lowest BCUT2D eigenvalue weighted by Crippen LogP contribution is -2.53. The van der Waals surface area contributed by atoms with Gasteiger partial charge in [-0.15, -0.1) is 0 Å². The van der Waals surface area contributed by atoms with Gasteiger partial charge in [0, 0.05) is 22.5 Å². The number of phenolic OH excluding ortho intramolecular Hbond substituents is 1. The summed E-state index contributed by atoms with van der Waals surface area (Å²) in [5.74, 6) is 0.159. The normalized spacial score (nSPS) is 24.2. The summed E-state index contributed by atoms with van der Waals surface area (Å²) in [6, 6.07) is 28.2. The van der Waals surface area contributed by atoms with Crippen LogP contribution in [0.1, 0.15) is 42.4 Å². The second-order valence-electron chi connectivity index (χ2n) is 10.6. The molecule has 0 bridgehead atoms. The minimum Gasteiger partial charge on any atom is -0.508 e. The Morgan fingerprint density at radius 2 is 1.68 bits per heavy atom. The van der Waals surface area contributed by atoms with Crippen molar-refractivity contribution in [1.29, 1.82) is 5.26 Å². The summed E-state index contributed by atoms with van der Waals surface area (Å²) in [7, 11) is 0. The molecule has 2 aliphatic rings. The molecule has 0 spiro atoms. The van der Waals surface area contributed by atoms with E-state index in [2.05, 4.69) is 36.4 Å². The lowest BCUT2D eigenvalue weighted by molar-refractivity contribution is -0.131. The van der Waals surface area contributed by atoms with Gasteiger partial charge in [-0.1, -0.05) is 67.6 Å². The summed E-state index contributed by atoms with van der Waals surface area (Å²) in [4.78, 5) is 23.2. The first-order chi connectivity index (χ1) is 18.4. The van der Waals surface area contributed by atoms with Crippen molar-refractivity contribution in [3.8, 4) is 34.2 Å². The Morgan fingerprint density at radius 3 is 2.42 bits per heavy atom. The third-order valence-electron chi connectivity index (χ3n) is 8.58. The average Bonchev–Trinajstić information content (AvgIpc) is 2.95. The number of hydrogen-bond donors (Lipinski definition) is 1. The van der Waals surface area contributed by atoms with Crippen molar-refractivity contribution in [3.05, 3.63) is 102 Å². The van der Waals surface area contributed by atoms with Gasteiger partial charge in [0.05, 0.1) is 17.5 Å². The van der Waals surface area contributed by atoms with Crippen LogP contribution in [0, 0.1) is 36.0 Å². The minimum atomic E-state index is -0.663. The van der Waals surface area contributed by atoms with E-state index >= 15 is 0 Å². The van der Waals surface area contributed by atoms with Crippen LogP contribution in [0.3, 0.4) is 0 Å². The predicted octanol–water partition coefficient (Wildman–Crippen LogP) is 6.42. The summed E-state index contributed by atoms with van der Waals surface area (Å²) in [5, 5.41) is 19.7. The fraction of sp³-hybridized carbons (Fsp3) is 0.273. The van der Waals surface area contributed by atoms with Crippen molar-refractivity contribution in [1.82, 2.24) is 9.97 Å². The van der Waals surface area contributed by atoms with Crippen LogP contribution in [-0.4, -0.2) is 20.9 Å². The number of aryl methyl sites for hydroxylation is 1. The number of ketones is 1. The zero-order valence-electron chi connectivity index (χ0n) is 21.6. The van der Waals surface area contributed by atoms with Crippen LogP contribution in [0.25, 0.3) is 22.4 Å². The highest BCUT2D eigenvalue weighted by Gasteiger charge is 2.56. The third kappa shape index (κ3) is 3.71. The van der Waals surface area contributed by atoms with Gasteiger partial charge in [0.15, 0.2) is 5.78 Å². The molecule has 1 fully saturated rings. The van der Waals surface area contributed by atoms with Gasteiger partial charge in [-0.3, -0.25) is 4.79 Å². The highest BCUT2D eigenvalue weighted by atomic mass is 16.3. The second-order valence-corrected chi connectivity index (χ2v) is 10.6. The van der Waals surface area contributed by atoms with Gasteiger partial charge in [0.25, 0.3) is 0 Å². The Morgan fingerprint density at radius 1 is 0.947 bits per heavy atom. The first-order valence-electron chi connectivity index (χ1n) is 13.2. The number of fused-ring (bicyclic) bond motifs is 3. The second kappa shape index (κ2) is 9.22. The van der Waals surface area contributed by atoms with E-state index in [0.717, 1.165) is 52.0 Å². The molecule has 0 amide bonds. The standard InChI is InChI=1S/C33H29N3O2/c1-20-29-16-15-28-30(24-8-6-7-23(17-24)22-11-13-27(37)14-12-22)35-21(2)36-32(28)33(29,18-25(19-34)31(20)38)26-9-4-3-5-10-26/h3-14,17,20,25,29,37H,15-16,18H2,1-2H3/t20-,25?,29-,33-/m0/s1. The maximum Gasteiger partial charge on any atom is 0.153 e. The van der Waals surface area contributed by atoms with Crippen molar-refractivity contribution >= 4 is 5.78 Å². The molecule has 5 heteroatoms. The Labute approximate surface area is 222 Å². The Bertz CT molecular complexity index is 1570. The summed E-state index contributed by atoms with van der Waals surface area (Å²) in [5.41, 5.74) is 6.65. The van der Waals surface area contributed by atoms with Gasteiger partial charge >= 0.3 is 0 Å². The molecule has 6 rings (SSSR count). The maximum absolute atomic E-state index is 13.2. The molecule has 38 heavy (non-hydrogen) atoms. The summed E-state index contributed by atoms with van der Waals surface area (Å²) >= 11 is 0. The number of nitriles is 1. The molecule has 1 aromatic heterocycles. The van der Waals surface area contributed by atoms with E-state index in [4.69, 9.17) is 9.97 Å². The SMILES string of the molecule is Cc1nc(-c2cccc(-c3ccc(O)cc3)c2)c2c(n1)[C@]1(c3ccccc3)CC(C#N)C(=O)[C@@H](C)[C@@H]1CC2. The number of nitrogens with zero attached hydrogens (tertiary/aromatic N) is 3. The largest absolute Gasteiger partial charge is 0.508 e. The number of aromatic hydroxyl groups is 1. The topological polar surface area (TPSA) is 86.9 Å². The van der Waals surface area contributed by atoms with Gasteiger partial charge in [-0.05, 0) is 67.0 Å². The van der Waals surface area contributed by atoms with Gasteiger partial charge in [0.1, 0.15) is 17.5 Å². The lowest BCUT2D eigenvalue weighted by atomic mass is 9.50. The molecular formula is C33H29N3O2. The Balaban J connectivity index is 1.57. The molecule has 2 aliphatic carbocycles. The van der Waals surface area contributed by atoms with Crippen LogP contribution in [0.4, 0.5) is 0 Å². The fourth-order valence-corrected chi connectivity index (χ4v) is 6.84. The van der Waals surface area contributed by atoms with Gasteiger partial charge in [-0.25, -0.2) is 9.97 Å². The first-order valence-corrected chi connectivity index (χ1v) is 13.2. The predicted molar refractivity (Wildman–Crippen MR) is 146 cm³/mol. The molecule has 0 aliphatic heterocycles. The number of carbonyl (C=O) groups is 1. The smallest absolute Gasteiger partial charge is 0.153 e. The van der Waals surface area contributed by atoms with E-state index in [9.17, 15) is 15.2 Å². The molecule has 0 saturated heterocycles. The van der Waals surface area contributed by atoms with Gasteiger partial charge in [0.2, 0.25) is 0 Å². The number of carbonyl (C=O) groups excluding carboxylic acids is 1. The van der Waals surface area contributed by atoms with Crippen molar-refractivity contribution in [3.63, 3.8) is 0 Å². The summed E-state index contributed by atoms with van der Waals surface area (Å²) in [6.45, 7) is 3.92. The minimum absolute atomic E-state index is 0.0557. The molecule has 1 N–H and O–H groups in total. The zero-order chi connectivity index (χ0) is 26.4. The van der Waals surface area contributed by atoms with Crippen molar-refractivity contribution < 1.29 is 9.90 Å². The molecule has 4 atom stereocenters. The van der Waals surface area contributed by atoms with E-state index in [0.29, 0.717) is 12.2 Å². The quantitative estimate of drug-likeness (QED) is 0.351. The van der Waals surface area contributed by atoms with Crippen molar-refractivity contribution in [2.75, 3.05) is 0 Å². The van der Waals surface area contributed by atoms with Crippen LogP contribution >= 0.6 is 0 Å². The molecule has 1 saturated carbocycles. The number of benzene rings is 3. The number of hydrogen-bond acceptors (Lipinski definition) is 5. The van der Waals surface area contributed by atoms with Gasteiger partial charge in [-0.2, -0.15) is 5.26 Å². The molecule has 4 aromatic rings. The molecule has 5 nitrogen and oxygen atoms in total. The van der Waals surface area contributed by atoms with E-state index < -0.39 is 11.3 Å². The zero-order valence-corrected chi connectivity index (χ0v) is 21.6. The number of Topliss-reactive ketones (excluding diaryl/α,β-unsaturated/α-hetero) is 1. The summed E-state index contributed by atoms with van der Waals surface area (Å²) in [6.07, 6.45) is 2.06. The molecule has 1 unspecified atom stereocenters. The van der Waals surface area contributed by atoms with E-state index in [1.54, 1.807) is 12.1 Å². The van der Waals surface area contributed by atoms with Gasteiger partial charge < -0.3 is 5.11 Å². The molecule has 188 valence electrons. The van der Waals surface area contributed by atoms with E-state index in [1.807, 2.05) is 50.2 Å². The monoisotopic (exact) mass is 499 g/mol. The highest BCUT2D eigenvalue weighted by Crippen LogP contribution is 2.56. The van der Waals surface area contributed by atoms with Crippen LogP contribution in [0.5, 0.6) is 5.75 Å². The Hall–Kier alpha value is -4.30.